The van der Waals surface area contributed by atoms with Crippen LogP contribution >= 0.6 is 0 Å². The number of nitrogens with zero attached hydrogens (tertiary/aromatic N) is 2. The molecule has 4 heteroatoms. The average molecular weight is 331 g/mol. The lowest BCUT2D eigenvalue weighted by atomic mass is 10.1. The van der Waals surface area contributed by atoms with E-state index in [1.807, 2.05) is 42.5 Å². The highest BCUT2D eigenvalue weighted by atomic mass is 16.5. The van der Waals surface area contributed by atoms with Gasteiger partial charge in [0.15, 0.2) is 0 Å². The summed E-state index contributed by atoms with van der Waals surface area (Å²) in [5, 5.41) is 10.8. The molecule has 25 heavy (non-hydrogen) atoms. The first kappa shape index (κ1) is 15.7. The summed E-state index contributed by atoms with van der Waals surface area (Å²) in [7, 11) is 1.66. The molecule has 0 amide bonds. The topological polar surface area (TPSA) is 47.2 Å². The highest BCUT2D eigenvalue weighted by Gasteiger charge is 2.30. The van der Waals surface area contributed by atoms with E-state index in [0.717, 1.165) is 46.3 Å². The monoisotopic (exact) mass is 331 g/mol. The lowest BCUT2D eigenvalue weighted by molar-refractivity contribution is 0.146. The molecule has 0 saturated heterocycles. The maximum atomic E-state index is 9.82. The van der Waals surface area contributed by atoms with Crippen LogP contribution in [0.25, 0.3) is 22.2 Å². The van der Waals surface area contributed by atoms with Crippen LogP contribution in [0.5, 0.6) is 5.75 Å². The number of methoxy groups -OCH3 is 1. The number of benzene rings is 2. The number of nitriles is 1. The van der Waals surface area contributed by atoms with Crippen molar-refractivity contribution in [3.05, 3.63) is 54.1 Å². The Morgan fingerprint density at radius 3 is 2.68 bits per heavy atom. The highest BCUT2D eigenvalue weighted by Crippen LogP contribution is 2.45. The van der Waals surface area contributed by atoms with Gasteiger partial charge in [0.2, 0.25) is 0 Å². The lowest BCUT2D eigenvalue weighted by Gasteiger charge is -2.11. The third-order valence-corrected chi connectivity index (χ3v) is 4.55. The van der Waals surface area contributed by atoms with Crippen molar-refractivity contribution >= 4 is 10.9 Å². The number of fused-ring (bicyclic) bond motifs is 1. The van der Waals surface area contributed by atoms with Crippen LogP contribution in [0, 0.1) is 17.4 Å². The molecule has 2 aromatic carbocycles. The maximum Gasteiger partial charge on any atom is 0.121 e. The molecule has 1 aliphatic rings. The van der Waals surface area contributed by atoms with Gasteiger partial charge in [-0.3, -0.25) is 0 Å². The summed E-state index contributed by atoms with van der Waals surface area (Å²) in [6.45, 7) is 1.06. The minimum absolute atomic E-state index is 0.456. The van der Waals surface area contributed by atoms with E-state index < -0.39 is 0 Å². The standard InChI is InChI=1S/C21H19N2O2/c1-24-11-12-25-17-9-10-18-19(14-22)21(15-5-3-2-4-6-15)23(16-7-8-16)20(18)13-17/h3-6,9-10,13,16H,7-8,11-12H2,1H3. The van der Waals surface area contributed by atoms with Crippen LogP contribution in [-0.4, -0.2) is 24.9 Å². The molecular formula is C21H19N2O2. The van der Waals surface area contributed by atoms with Crippen LogP contribution < -0.4 is 4.74 Å². The van der Waals surface area contributed by atoms with Gasteiger partial charge in [-0.05, 0) is 36.6 Å². The zero-order chi connectivity index (χ0) is 17.2. The summed E-state index contributed by atoms with van der Waals surface area (Å²) < 4.78 is 13.1. The minimum Gasteiger partial charge on any atom is -0.491 e. The van der Waals surface area contributed by atoms with Crippen molar-refractivity contribution in [1.29, 1.82) is 5.26 Å². The molecule has 125 valence electrons. The fraction of sp³-hybridized carbons (Fsp3) is 0.286. The third-order valence-electron chi connectivity index (χ3n) is 4.55. The Hall–Kier alpha value is -2.77. The van der Waals surface area contributed by atoms with Crippen LogP contribution in [0.1, 0.15) is 24.4 Å². The molecule has 1 aliphatic carbocycles. The van der Waals surface area contributed by atoms with Crippen molar-refractivity contribution in [3.63, 3.8) is 0 Å². The molecular weight excluding hydrogens is 312 g/mol. The third kappa shape index (κ3) is 2.88. The Balaban J connectivity index is 1.89. The molecule has 4 nitrogen and oxygen atoms in total. The molecule has 3 aromatic rings. The summed E-state index contributed by atoms with van der Waals surface area (Å²) in [6.07, 6.45) is 2.30. The summed E-state index contributed by atoms with van der Waals surface area (Å²) in [5.74, 6) is 0.807. The van der Waals surface area contributed by atoms with Gasteiger partial charge >= 0.3 is 0 Å². The Morgan fingerprint density at radius 2 is 2.00 bits per heavy atom. The van der Waals surface area contributed by atoms with E-state index >= 15 is 0 Å². The molecule has 0 N–H and O–H groups in total. The van der Waals surface area contributed by atoms with Crippen molar-refractivity contribution in [1.82, 2.24) is 4.57 Å². The first-order valence-electron chi connectivity index (χ1n) is 8.49. The molecule has 0 bridgehead atoms. The van der Waals surface area contributed by atoms with Gasteiger partial charge in [-0.25, -0.2) is 0 Å². The van der Waals surface area contributed by atoms with Crippen molar-refractivity contribution in [2.24, 2.45) is 0 Å². The minimum atomic E-state index is 0.456. The van der Waals surface area contributed by atoms with Crippen molar-refractivity contribution < 1.29 is 9.47 Å². The van der Waals surface area contributed by atoms with Gasteiger partial charge in [0.1, 0.15) is 18.4 Å². The number of aromatic nitrogens is 1. The van der Waals surface area contributed by atoms with Crippen LogP contribution in [-0.2, 0) is 4.74 Å². The van der Waals surface area contributed by atoms with Gasteiger partial charge in [-0.15, -0.1) is 0 Å². The number of ether oxygens (including phenoxy) is 2. The van der Waals surface area contributed by atoms with Crippen LogP contribution in [0.2, 0.25) is 0 Å². The molecule has 1 saturated carbocycles. The number of hydrogen-bond donors (Lipinski definition) is 0. The lowest BCUT2D eigenvalue weighted by Crippen LogP contribution is -2.04. The Kier molecular flexibility index (Phi) is 4.17. The predicted octanol–water partition coefficient (Wildman–Crippen LogP) is 4.34. The maximum absolute atomic E-state index is 9.82. The van der Waals surface area contributed by atoms with Gasteiger partial charge in [0.25, 0.3) is 0 Å². The van der Waals surface area contributed by atoms with E-state index in [1.54, 1.807) is 7.11 Å². The molecule has 4 rings (SSSR count). The number of rotatable bonds is 6. The highest BCUT2D eigenvalue weighted by molar-refractivity contribution is 5.95. The van der Waals surface area contributed by atoms with Crippen LogP contribution in [0.4, 0.5) is 0 Å². The zero-order valence-electron chi connectivity index (χ0n) is 14.2. The Bertz CT molecular complexity index is 934. The van der Waals surface area contributed by atoms with Gasteiger partial charge in [-0.2, -0.15) is 5.26 Å². The Morgan fingerprint density at radius 1 is 1.20 bits per heavy atom. The molecule has 1 radical (unpaired) electrons. The van der Waals surface area contributed by atoms with Gasteiger partial charge < -0.3 is 14.0 Å². The van der Waals surface area contributed by atoms with E-state index in [1.165, 1.54) is 0 Å². The molecule has 1 fully saturated rings. The zero-order valence-corrected chi connectivity index (χ0v) is 14.2. The summed E-state index contributed by atoms with van der Waals surface area (Å²) >= 11 is 0. The van der Waals surface area contributed by atoms with E-state index in [0.29, 0.717) is 19.3 Å². The summed E-state index contributed by atoms with van der Waals surface area (Å²) in [4.78, 5) is 0. The molecule has 0 aliphatic heterocycles. The fourth-order valence-corrected chi connectivity index (χ4v) is 3.28. The fourth-order valence-electron chi connectivity index (χ4n) is 3.28. The van der Waals surface area contributed by atoms with Crippen molar-refractivity contribution in [3.8, 4) is 23.1 Å². The predicted molar refractivity (Wildman–Crippen MR) is 96.6 cm³/mol. The Labute approximate surface area is 147 Å². The second-order valence-corrected chi connectivity index (χ2v) is 6.25. The second-order valence-electron chi connectivity index (χ2n) is 6.25. The van der Waals surface area contributed by atoms with Crippen LogP contribution in [0.15, 0.2) is 42.5 Å². The number of hydrogen-bond acceptors (Lipinski definition) is 3. The van der Waals surface area contributed by atoms with E-state index in [-0.39, 0.29) is 0 Å². The molecule has 0 spiro atoms. The quantitative estimate of drug-likeness (QED) is 0.631. The van der Waals surface area contributed by atoms with E-state index in [4.69, 9.17) is 9.47 Å². The summed E-state index contributed by atoms with van der Waals surface area (Å²) in [5.41, 5.74) is 3.86. The smallest absolute Gasteiger partial charge is 0.121 e. The molecule has 1 aromatic heterocycles. The second kappa shape index (κ2) is 6.62. The first-order valence-corrected chi connectivity index (χ1v) is 8.49. The largest absolute Gasteiger partial charge is 0.491 e. The van der Waals surface area contributed by atoms with Gasteiger partial charge in [0.05, 0.1) is 23.4 Å². The van der Waals surface area contributed by atoms with Gasteiger partial charge in [-0.1, -0.05) is 24.3 Å². The molecule has 0 atom stereocenters. The molecule has 0 unspecified atom stereocenters. The van der Waals surface area contributed by atoms with E-state index in [2.05, 4.69) is 16.7 Å². The van der Waals surface area contributed by atoms with Crippen molar-refractivity contribution in [2.45, 2.75) is 18.9 Å². The first-order chi connectivity index (χ1) is 12.3. The normalized spacial score (nSPS) is 13.8. The van der Waals surface area contributed by atoms with Crippen molar-refractivity contribution in [2.75, 3.05) is 20.3 Å². The molecule has 1 heterocycles. The van der Waals surface area contributed by atoms with E-state index in [9.17, 15) is 5.26 Å². The SMILES string of the molecule is COCCOc1ccc2c(C#N)c(-c3cc[c]cc3)n(C3CC3)c2c1. The summed E-state index contributed by atoms with van der Waals surface area (Å²) in [6, 6.07) is 19.7. The van der Waals surface area contributed by atoms with Gasteiger partial charge in [0, 0.05) is 24.6 Å². The van der Waals surface area contributed by atoms with Crippen LogP contribution in [0.3, 0.4) is 0 Å². The average Bonchev–Trinajstić information content (AvgIpc) is 3.44.